The van der Waals surface area contributed by atoms with Gasteiger partial charge in [-0.1, -0.05) is 0 Å². The number of benzene rings is 1. The molecule has 1 aromatic rings. The summed E-state index contributed by atoms with van der Waals surface area (Å²) in [6, 6.07) is 2.57. The smallest absolute Gasteiger partial charge is 0.184 e. The van der Waals surface area contributed by atoms with Crippen LogP contribution in [0.4, 0.5) is 20.2 Å². The lowest BCUT2D eigenvalue weighted by Crippen LogP contribution is -2.31. The molecule has 0 saturated carbocycles. The van der Waals surface area contributed by atoms with Crippen molar-refractivity contribution in [1.29, 1.82) is 0 Å². The lowest BCUT2D eigenvalue weighted by Gasteiger charge is -2.07. The van der Waals surface area contributed by atoms with E-state index in [1.165, 1.54) is 6.07 Å². The van der Waals surface area contributed by atoms with Crippen molar-refractivity contribution in [1.82, 2.24) is 0 Å². The first-order valence-corrected chi connectivity index (χ1v) is 3.93. The molecule has 0 fully saturated rings. The second-order valence-electron chi connectivity index (χ2n) is 2.86. The number of rotatable bonds is 1. The van der Waals surface area contributed by atoms with E-state index < -0.39 is 11.6 Å². The first-order valence-electron chi connectivity index (χ1n) is 3.93. The van der Waals surface area contributed by atoms with Gasteiger partial charge in [0.2, 0.25) is 0 Å². The summed E-state index contributed by atoms with van der Waals surface area (Å²) in [4.78, 5) is 0. The van der Waals surface area contributed by atoms with Crippen LogP contribution in [-0.4, -0.2) is 12.7 Å². The van der Waals surface area contributed by atoms with Crippen molar-refractivity contribution in [2.75, 3.05) is 17.2 Å². The number of hydrogen-bond donors (Lipinski definition) is 3. The monoisotopic (exact) mass is 185 g/mol. The van der Waals surface area contributed by atoms with E-state index in [9.17, 15) is 8.78 Å². The highest BCUT2D eigenvalue weighted by molar-refractivity contribution is 5.75. The van der Waals surface area contributed by atoms with E-state index in [0.717, 1.165) is 6.07 Å². The van der Waals surface area contributed by atoms with Crippen LogP contribution in [0.15, 0.2) is 12.1 Å². The third kappa shape index (κ3) is 1.21. The molecule has 1 heterocycles. The Morgan fingerprint density at radius 3 is 2.77 bits per heavy atom. The zero-order valence-corrected chi connectivity index (χ0v) is 6.77. The number of halogens is 2. The Morgan fingerprint density at radius 2 is 2.08 bits per heavy atom. The van der Waals surface area contributed by atoms with Gasteiger partial charge in [-0.15, -0.1) is 0 Å². The van der Waals surface area contributed by atoms with Crippen LogP contribution in [0.25, 0.3) is 0 Å². The summed E-state index contributed by atoms with van der Waals surface area (Å²) in [7, 11) is 0. The molecule has 0 saturated heterocycles. The molecule has 1 atom stereocenters. The number of fused-ring (bicyclic) bond motifs is 1. The fourth-order valence-corrected chi connectivity index (χ4v) is 1.33. The van der Waals surface area contributed by atoms with Gasteiger partial charge in [-0.25, -0.2) is 8.78 Å². The molecule has 3 nitrogen and oxygen atoms in total. The van der Waals surface area contributed by atoms with Crippen LogP contribution in [0, 0.1) is 11.6 Å². The van der Waals surface area contributed by atoms with Gasteiger partial charge in [-0.3, -0.25) is 0 Å². The molecule has 5 heteroatoms. The highest BCUT2D eigenvalue weighted by atomic mass is 19.2. The van der Waals surface area contributed by atoms with E-state index in [4.69, 9.17) is 5.73 Å². The molecular formula is C8H9F2N3. The average Bonchev–Trinajstić information content (AvgIpc) is 2.55. The van der Waals surface area contributed by atoms with Gasteiger partial charge < -0.3 is 16.4 Å². The molecule has 0 amide bonds. The second-order valence-corrected chi connectivity index (χ2v) is 2.86. The quantitative estimate of drug-likeness (QED) is 0.613. The molecule has 2 rings (SSSR count). The molecule has 0 radical (unpaired) electrons. The average molecular weight is 185 g/mol. The summed E-state index contributed by atoms with van der Waals surface area (Å²) in [5, 5.41) is 5.65. The Labute approximate surface area is 73.9 Å². The van der Waals surface area contributed by atoms with Crippen LogP contribution in [-0.2, 0) is 0 Å². The van der Waals surface area contributed by atoms with Crippen molar-refractivity contribution in [2.24, 2.45) is 5.73 Å². The number of hydrogen-bond acceptors (Lipinski definition) is 3. The Balaban J connectivity index is 2.40. The number of nitrogens with two attached hydrogens (primary N) is 1. The van der Waals surface area contributed by atoms with Crippen LogP contribution in [0.2, 0.25) is 0 Å². The van der Waals surface area contributed by atoms with E-state index in [1.54, 1.807) is 0 Å². The van der Waals surface area contributed by atoms with Crippen LogP contribution in [0.3, 0.4) is 0 Å². The highest BCUT2D eigenvalue weighted by Gasteiger charge is 2.23. The molecule has 0 aromatic heterocycles. The van der Waals surface area contributed by atoms with Crippen molar-refractivity contribution in [3.05, 3.63) is 23.8 Å². The normalized spacial score (nSPS) is 19.2. The largest absolute Gasteiger partial charge is 0.363 e. The van der Waals surface area contributed by atoms with Crippen molar-refractivity contribution in [2.45, 2.75) is 6.17 Å². The standard InChI is InChI=1S/C8H9F2N3/c9-4-1-2-5-8(7(4)10)13-6(3-11)12-5/h1-2,6,12-13H,3,11H2. The van der Waals surface area contributed by atoms with Crippen molar-refractivity contribution in [3.8, 4) is 0 Å². The maximum Gasteiger partial charge on any atom is 0.184 e. The first-order chi connectivity index (χ1) is 6.22. The molecule has 70 valence electrons. The molecule has 1 aliphatic heterocycles. The van der Waals surface area contributed by atoms with E-state index in [-0.39, 0.29) is 11.9 Å². The van der Waals surface area contributed by atoms with Crippen molar-refractivity contribution >= 4 is 11.4 Å². The topological polar surface area (TPSA) is 50.1 Å². The molecule has 0 aliphatic carbocycles. The zero-order valence-electron chi connectivity index (χ0n) is 6.77. The number of nitrogens with one attached hydrogen (secondary N) is 2. The molecule has 1 aromatic carbocycles. The van der Waals surface area contributed by atoms with Crippen molar-refractivity contribution < 1.29 is 8.78 Å². The minimum Gasteiger partial charge on any atom is -0.363 e. The van der Waals surface area contributed by atoms with Gasteiger partial charge in [0.15, 0.2) is 11.6 Å². The predicted molar refractivity (Wildman–Crippen MR) is 46.4 cm³/mol. The van der Waals surface area contributed by atoms with Crippen LogP contribution in [0.5, 0.6) is 0 Å². The van der Waals surface area contributed by atoms with E-state index in [2.05, 4.69) is 10.6 Å². The summed E-state index contributed by atoms with van der Waals surface area (Å²) in [5.74, 6) is -1.72. The molecule has 1 aliphatic rings. The molecular weight excluding hydrogens is 176 g/mol. The molecule has 0 bridgehead atoms. The van der Waals surface area contributed by atoms with Crippen molar-refractivity contribution in [3.63, 3.8) is 0 Å². The Kier molecular flexibility index (Phi) is 1.81. The van der Waals surface area contributed by atoms with Gasteiger partial charge in [0.05, 0.1) is 11.4 Å². The van der Waals surface area contributed by atoms with Crippen LogP contribution in [0.1, 0.15) is 0 Å². The lowest BCUT2D eigenvalue weighted by molar-refractivity contribution is 0.512. The van der Waals surface area contributed by atoms with Gasteiger partial charge in [-0.2, -0.15) is 0 Å². The summed E-state index contributed by atoms with van der Waals surface area (Å²) in [5.41, 5.74) is 6.07. The fourth-order valence-electron chi connectivity index (χ4n) is 1.33. The molecule has 0 spiro atoms. The van der Waals surface area contributed by atoms with E-state index in [0.29, 0.717) is 12.2 Å². The van der Waals surface area contributed by atoms with E-state index in [1.807, 2.05) is 0 Å². The van der Waals surface area contributed by atoms with E-state index >= 15 is 0 Å². The summed E-state index contributed by atoms with van der Waals surface area (Å²) >= 11 is 0. The minimum absolute atomic E-state index is 0.162. The Morgan fingerprint density at radius 1 is 1.31 bits per heavy atom. The van der Waals surface area contributed by atoms with Gasteiger partial charge in [0, 0.05) is 6.54 Å². The maximum absolute atomic E-state index is 13.1. The number of anilines is 2. The van der Waals surface area contributed by atoms with Gasteiger partial charge in [0.25, 0.3) is 0 Å². The highest BCUT2D eigenvalue weighted by Crippen LogP contribution is 2.32. The third-order valence-electron chi connectivity index (χ3n) is 1.98. The second kappa shape index (κ2) is 2.85. The Hall–Kier alpha value is -1.36. The van der Waals surface area contributed by atoms with Gasteiger partial charge in [0.1, 0.15) is 6.17 Å². The van der Waals surface area contributed by atoms with Crippen LogP contribution < -0.4 is 16.4 Å². The molecule has 13 heavy (non-hydrogen) atoms. The molecule has 4 N–H and O–H groups in total. The summed E-state index contributed by atoms with van der Waals surface area (Å²) < 4.78 is 25.8. The SMILES string of the molecule is NCC1Nc2ccc(F)c(F)c2N1. The minimum atomic E-state index is -0.860. The van der Waals surface area contributed by atoms with Gasteiger partial charge >= 0.3 is 0 Å². The fraction of sp³-hybridized carbons (Fsp3) is 0.250. The zero-order chi connectivity index (χ0) is 9.42. The molecule has 1 unspecified atom stereocenters. The predicted octanol–water partition coefficient (Wildman–Crippen LogP) is 1.09. The maximum atomic E-state index is 13.1. The Bertz CT molecular complexity index is 340. The van der Waals surface area contributed by atoms with Crippen LogP contribution >= 0.6 is 0 Å². The summed E-state index contributed by atoms with van der Waals surface area (Å²) in [6.45, 7) is 0.315. The lowest BCUT2D eigenvalue weighted by atomic mass is 10.2. The third-order valence-corrected chi connectivity index (χ3v) is 1.98. The van der Waals surface area contributed by atoms with Gasteiger partial charge in [-0.05, 0) is 12.1 Å². The summed E-state index contributed by atoms with van der Waals surface area (Å²) in [6.07, 6.45) is -0.216. The first kappa shape index (κ1) is 8.25.